The van der Waals surface area contributed by atoms with Crippen molar-refractivity contribution in [3.8, 4) is 17.2 Å². The largest absolute Gasteiger partial charge is 0.493 e. The van der Waals surface area contributed by atoms with Crippen LogP contribution in [0.4, 0.5) is 16.3 Å². The van der Waals surface area contributed by atoms with Crippen molar-refractivity contribution < 1.29 is 23.8 Å². The number of nitrogen functional groups attached to an aromatic ring is 1. The SMILES string of the molecule is C=C/C=C(/Oc1ccc(NC(=O)NC(=O)CN2CCCC2)nc1)c1cc(OC)c(OC)cc1N. The number of allylic oxidation sites excluding steroid dienone is 2. The van der Waals surface area contributed by atoms with Crippen LogP contribution in [0.2, 0.25) is 0 Å². The van der Waals surface area contributed by atoms with Crippen LogP contribution in [-0.4, -0.2) is 55.7 Å². The number of likely N-dealkylation sites (tertiary alicyclic amines) is 1. The number of nitrogens with zero attached hydrogens (tertiary/aromatic N) is 2. The van der Waals surface area contributed by atoms with Gasteiger partial charge in [-0.25, -0.2) is 9.78 Å². The molecule has 1 aromatic heterocycles. The lowest BCUT2D eigenvalue weighted by atomic mass is 10.1. The summed E-state index contributed by atoms with van der Waals surface area (Å²) in [4.78, 5) is 30.3. The van der Waals surface area contributed by atoms with E-state index in [0.717, 1.165) is 25.9 Å². The first-order valence-corrected chi connectivity index (χ1v) is 10.7. The number of nitrogens with two attached hydrogens (primary N) is 1. The van der Waals surface area contributed by atoms with Gasteiger partial charge < -0.3 is 19.9 Å². The number of aromatic nitrogens is 1. The quantitative estimate of drug-likeness (QED) is 0.292. The molecule has 10 nitrogen and oxygen atoms in total. The molecule has 0 bridgehead atoms. The van der Waals surface area contributed by atoms with E-state index in [9.17, 15) is 9.59 Å². The fourth-order valence-electron chi connectivity index (χ4n) is 3.49. The summed E-state index contributed by atoms with van der Waals surface area (Å²) >= 11 is 0. The fourth-order valence-corrected chi connectivity index (χ4v) is 3.49. The Labute approximate surface area is 198 Å². The molecule has 3 amide bonds. The number of benzene rings is 1. The van der Waals surface area contributed by atoms with Gasteiger partial charge in [-0.3, -0.25) is 20.3 Å². The van der Waals surface area contributed by atoms with Gasteiger partial charge in [0, 0.05) is 17.3 Å². The molecule has 0 aliphatic carbocycles. The van der Waals surface area contributed by atoms with Gasteiger partial charge in [0.05, 0.1) is 27.0 Å². The number of pyridine rings is 1. The highest BCUT2D eigenvalue weighted by Crippen LogP contribution is 2.36. The first-order chi connectivity index (χ1) is 16.4. The lowest BCUT2D eigenvalue weighted by Crippen LogP contribution is -2.41. The predicted molar refractivity (Wildman–Crippen MR) is 130 cm³/mol. The zero-order valence-electron chi connectivity index (χ0n) is 19.3. The molecule has 2 heterocycles. The summed E-state index contributed by atoms with van der Waals surface area (Å²) in [6, 6.07) is 5.89. The Balaban J connectivity index is 1.64. The predicted octanol–water partition coefficient (Wildman–Crippen LogP) is 3.03. The number of hydrogen-bond acceptors (Lipinski definition) is 8. The third-order valence-electron chi connectivity index (χ3n) is 5.11. The van der Waals surface area contributed by atoms with Crippen molar-refractivity contribution in [3.63, 3.8) is 0 Å². The molecule has 0 radical (unpaired) electrons. The summed E-state index contributed by atoms with van der Waals surface area (Å²) in [6.45, 7) is 5.66. The van der Waals surface area contributed by atoms with E-state index in [1.54, 1.807) is 36.4 Å². The van der Waals surface area contributed by atoms with Crippen LogP contribution < -0.4 is 30.6 Å². The molecule has 1 fully saturated rings. The number of ether oxygens (including phenoxy) is 3. The van der Waals surface area contributed by atoms with Gasteiger partial charge >= 0.3 is 6.03 Å². The van der Waals surface area contributed by atoms with Crippen LogP contribution in [0, 0.1) is 0 Å². The molecular formula is C24H29N5O5. The smallest absolute Gasteiger partial charge is 0.327 e. The van der Waals surface area contributed by atoms with Crippen molar-refractivity contribution in [2.24, 2.45) is 0 Å². The number of imide groups is 1. The Hall–Kier alpha value is -4.05. The van der Waals surface area contributed by atoms with Gasteiger partial charge in [0.25, 0.3) is 0 Å². The number of methoxy groups -OCH3 is 2. The maximum Gasteiger partial charge on any atom is 0.327 e. The van der Waals surface area contributed by atoms with Crippen LogP contribution in [0.3, 0.4) is 0 Å². The molecule has 0 saturated carbocycles. The molecule has 0 spiro atoms. The van der Waals surface area contributed by atoms with Crippen molar-refractivity contribution in [1.29, 1.82) is 0 Å². The molecule has 3 rings (SSSR count). The van der Waals surface area contributed by atoms with Gasteiger partial charge in [-0.2, -0.15) is 0 Å². The molecule has 1 aromatic carbocycles. The van der Waals surface area contributed by atoms with Crippen LogP contribution >= 0.6 is 0 Å². The molecule has 1 saturated heterocycles. The summed E-state index contributed by atoms with van der Waals surface area (Å²) in [5, 5.41) is 4.84. The average molecular weight is 468 g/mol. The number of rotatable bonds is 9. The minimum absolute atomic E-state index is 0.200. The molecule has 0 atom stereocenters. The zero-order chi connectivity index (χ0) is 24.5. The van der Waals surface area contributed by atoms with E-state index in [1.165, 1.54) is 20.4 Å². The van der Waals surface area contributed by atoms with Crippen molar-refractivity contribution >= 4 is 29.2 Å². The number of anilines is 2. The summed E-state index contributed by atoms with van der Waals surface area (Å²) in [5.74, 6) is 1.72. The highest BCUT2D eigenvalue weighted by atomic mass is 16.5. The molecule has 10 heteroatoms. The Bertz CT molecular complexity index is 1060. The van der Waals surface area contributed by atoms with Gasteiger partial charge in [0.2, 0.25) is 5.91 Å². The van der Waals surface area contributed by atoms with Gasteiger partial charge in [-0.1, -0.05) is 12.7 Å². The molecule has 4 N–H and O–H groups in total. The highest BCUT2D eigenvalue weighted by Gasteiger charge is 2.17. The molecule has 34 heavy (non-hydrogen) atoms. The van der Waals surface area contributed by atoms with E-state index in [-0.39, 0.29) is 18.3 Å². The minimum Gasteiger partial charge on any atom is -0.493 e. The van der Waals surface area contributed by atoms with Gasteiger partial charge in [-0.05, 0) is 50.2 Å². The van der Waals surface area contributed by atoms with E-state index in [4.69, 9.17) is 19.9 Å². The molecule has 180 valence electrons. The second-order valence-corrected chi connectivity index (χ2v) is 7.53. The van der Waals surface area contributed by atoms with Gasteiger partial charge in [0.1, 0.15) is 17.3 Å². The third kappa shape index (κ3) is 6.48. The fraction of sp³-hybridized carbons (Fsp3) is 0.292. The van der Waals surface area contributed by atoms with Crippen molar-refractivity contribution in [2.75, 3.05) is 44.9 Å². The standard InChI is InChI=1S/C24H29N5O5/c1-4-7-19(17-12-20(32-2)21(33-3)13-18(17)25)34-16-8-9-22(26-14-16)27-24(31)28-23(30)15-29-10-5-6-11-29/h4,7-9,12-14H,1,5-6,10-11,15,25H2,2-3H3,(H2,26,27,28,30,31)/b19-7+. The Morgan fingerprint density at radius 1 is 1.18 bits per heavy atom. The zero-order valence-corrected chi connectivity index (χ0v) is 19.3. The highest BCUT2D eigenvalue weighted by molar-refractivity contribution is 6.01. The number of nitrogens with one attached hydrogen (secondary N) is 2. The molecule has 0 unspecified atom stereocenters. The van der Waals surface area contributed by atoms with E-state index in [1.807, 2.05) is 4.90 Å². The first kappa shape index (κ1) is 24.6. The van der Waals surface area contributed by atoms with Gasteiger partial charge in [-0.15, -0.1) is 0 Å². The lowest BCUT2D eigenvalue weighted by molar-refractivity contribution is -0.120. The van der Waals surface area contributed by atoms with Crippen LogP contribution in [0.5, 0.6) is 17.2 Å². The van der Waals surface area contributed by atoms with Crippen molar-refractivity contribution in [1.82, 2.24) is 15.2 Å². The normalized spacial score (nSPS) is 13.8. The van der Waals surface area contributed by atoms with E-state index >= 15 is 0 Å². The summed E-state index contributed by atoms with van der Waals surface area (Å²) in [6.07, 6.45) is 6.80. The molecule has 1 aliphatic rings. The summed E-state index contributed by atoms with van der Waals surface area (Å²) in [5.41, 5.74) is 7.19. The van der Waals surface area contributed by atoms with Crippen molar-refractivity contribution in [3.05, 3.63) is 54.8 Å². The Morgan fingerprint density at radius 3 is 2.50 bits per heavy atom. The monoisotopic (exact) mass is 467 g/mol. The van der Waals surface area contributed by atoms with Crippen LogP contribution in [0.15, 0.2) is 49.2 Å². The second kappa shape index (κ2) is 11.7. The number of amides is 3. The molecule has 1 aliphatic heterocycles. The van der Waals surface area contributed by atoms with Gasteiger partial charge in [0.15, 0.2) is 11.5 Å². The topological polar surface area (TPSA) is 128 Å². The van der Waals surface area contributed by atoms with Crippen LogP contribution in [0.1, 0.15) is 18.4 Å². The average Bonchev–Trinajstić information content (AvgIpc) is 3.32. The second-order valence-electron chi connectivity index (χ2n) is 7.53. The van der Waals surface area contributed by atoms with E-state index in [0.29, 0.717) is 34.3 Å². The number of urea groups is 1. The van der Waals surface area contributed by atoms with Crippen molar-refractivity contribution in [2.45, 2.75) is 12.8 Å². The van der Waals surface area contributed by atoms with E-state index < -0.39 is 6.03 Å². The molecular weight excluding hydrogens is 438 g/mol. The lowest BCUT2D eigenvalue weighted by Gasteiger charge is -2.16. The maximum absolute atomic E-state index is 12.1. The minimum atomic E-state index is -0.643. The van der Waals surface area contributed by atoms with E-state index in [2.05, 4.69) is 22.2 Å². The Kier molecular flexibility index (Phi) is 8.47. The number of carbonyl (C=O) groups is 2. The van der Waals surface area contributed by atoms with Crippen LogP contribution in [-0.2, 0) is 4.79 Å². The maximum atomic E-state index is 12.1. The first-order valence-electron chi connectivity index (χ1n) is 10.7. The molecule has 2 aromatic rings. The number of carbonyl (C=O) groups excluding carboxylic acids is 2. The van der Waals surface area contributed by atoms with Crippen LogP contribution in [0.25, 0.3) is 5.76 Å². The summed E-state index contributed by atoms with van der Waals surface area (Å²) < 4.78 is 16.6. The Morgan fingerprint density at radius 2 is 1.88 bits per heavy atom. The summed E-state index contributed by atoms with van der Waals surface area (Å²) in [7, 11) is 3.06. The number of hydrogen-bond donors (Lipinski definition) is 3. The third-order valence-corrected chi connectivity index (χ3v) is 5.11.